The van der Waals surface area contributed by atoms with Gasteiger partial charge < -0.3 is 10.4 Å². The molecule has 3 rings (SSSR count). The maximum atomic E-state index is 12.5. The van der Waals surface area contributed by atoms with E-state index in [1.165, 1.54) is 17.7 Å². The Morgan fingerprint density at radius 3 is 2.04 bits per heavy atom. The molecule has 1 aliphatic heterocycles. The van der Waals surface area contributed by atoms with E-state index in [9.17, 15) is 26.3 Å². The summed E-state index contributed by atoms with van der Waals surface area (Å²) in [5, 5.41) is 10.5. The monoisotopic (exact) mass is 381 g/mol. The van der Waals surface area contributed by atoms with E-state index in [0.717, 1.165) is 37.9 Å². The molecule has 0 bridgehead atoms. The molecule has 0 aromatic heterocycles. The number of carboxylic acid groups (broad SMARTS) is 1. The first kappa shape index (κ1) is 20.3. The lowest BCUT2D eigenvalue weighted by Crippen LogP contribution is -2.21. The molecular formula is C17H17F6NO2. The highest BCUT2D eigenvalue weighted by Gasteiger charge is 2.38. The molecule has 0 amide bonds. The van der Waals surface area contributed by atoms with Gasteiger partial charge in [0.2, 0.25) is 0 Å². The van der Waals surface area contributed by atoms with E-state index in [1.807, 2.05) is 0 Å². The number of aliphatic carboxylic acids is 1. The molecule has 2 aliphatic rings. The molecule has 0 radical (unpaired) electrons. The molecule has 1 fully saturated rings. The molecule has 1 aromatic carbocycles. The minimum Gasteiger partial charge on any atom is -0.475 e. The lowest BCUT2D eigenvalue weighted by Gasteiger charge is -2.17. The van der Waals surface area contributed by atoms with Crippen molar-refractivity contribution in [2.45, 2.75) is 31.6 Å². The molecule has 1 heterocycles. The quantitative estimate of drug-likeness (QED) is 0.705. The Balaban J connectivity index is 0.000000298. The summed E-state index contributed by atoms with van der Waals surface area (Å²) in [4.78, 5) is 8.90. The van der Waals surface area contributed by atoms with Gasteiger partial charge in [-0.2, -0.15) is 26.3 Å². The van der Waals surface area contributed by atoms with E-state index in [1.54, 1.807) is 12.1 Å². The van der Waals surface area contributed by atoms with E-state index < -0.39 is 23.9 Å². The summed E-state index contributed by atoms with van der Waals surface area (Å²) in [6.45, 7) is 2.04. The van der Waals surface area contributed by atoms with E-state index >= 15 is 0 Å². The summed E-state index contributed by atoms with van der Waals surface area (Å²) in [7, 11) is 0. The van der Waals surface area contributed by atoms with Gasteiger partial charge in [-0.05, 0) is 49.1 Å². The number of carbonyl (C=O) groups is 1. The SMILES string of the molecule is FC(F)(F)c1ccc(C2=CC3(CCNC3)CC2)cc1.O=C(O)C(F)(F)F. The normalized spacial score (nSPS) is 22.8. The smallest absolute Gasteiger partial charge is 0.475 e. The minimum atomic E-state index is -5.08. The molecule has 144 valence electrons. The Labute approximate surface area is 145 Å². The number of rotatable bonds is 1. The van der Waals surface area contributed by atoms with Crippen LogP contribution in [0.25, 0.3) is 5.57 Å². The number of nitrogens with one attached hydrogen (secondary N) is 1. The average Bonchev–Trinajstić information content (AvgIpc) is 3.17. The zero-order chi connectivity index (χ0) is 19.6. The molecule has 2 N–H and O–H groups in total. The van der Waals surface area contributed by atoms with Gasteiger partial charge in [0, 0.05) is 12.0 Å². The minimum absolute atomic E-state index is 0.248. The third-order valence-electron chi connectivity index (χ3n) is 4.47. The third-order valence-corrected chi connectivity index (χ3v) is 4.47. The topological polar surface area (TPSA) is 49.3 Å². The van der Waals surface area contributed by atoms with Crippen LogP contribution in [0.5, 0.6) is 0 Å². The predicted molar refractivity (Wildman–Crippen MR) is 82.3 cm³/mol. The second-order valence-corrected chi connectivity index (χ2v) is 6.34. The van der Waals surface area contributed by atoms with Gasteiger partial charge in [-0.25, -0.2) is 4.79 Å². The van der Waals surface area contributed by atoms with Crippen molar-refractivity contribution in [3.8, 4) is 0 Å². The molecule has 26 heavy (non-hydrogen) atoms. The number of carboxylic acids is 1. The van der Waals surface area contributed by atoms with Crippen molar-refractivity contribution in [1.29, 1.82) is 0 Å². The maximum absolute atomic E-state index is 12.5. The van der Waals surface area contributed by atoms with Gasteiger partial charge in [0.05, 0.1) is 5.56 Å². The zero-order valence-electron chi connectivity index (χ0n) is 13.5. The van der Waals surface area contributed by atoms with Crippen LogP contribution < -0.4 is 5.32 Å². The molecule has 0 saturated carbocycles. The summed E-state index contributed by atoms with van der Waals surface area (Å²) in [6, 6.07) is 5.54. The standard InChI is InChI=1S/C15H16F3N.C2HF3O2/c16-15(17,18)13-3-1-11(2-4-13)12-5-6-14(9-12)7-8-19-10-14;3-2(4,5)1(6)7/h1-4,9,19H,5-8,10H2;(H,6,7). The average molecular weight is 381 g/mol. The van der Waals surface area contributed by atoms with Crippen molar-refractivity contribution in [2.24, 2.45) is 5.41 Å². The molecule has 1 aliphatic carbocycles. The molecule has 3 nitrogen and oxygen atoms in total. The first-order valence-electron chi connectivity index (χ1n) is 7.83. The zero-order valence-corrected chi connectivity index (χ0v) is 13.5. The Kier molecular flexibility index (Phi) is 5.70. The number of allylic oxidation sites excluding steroid dienone is 1. The summed E-state index contributed by atoms with van der Waals surface area (Å²) >= 11 is 0. The van der Waals surface area contributed by atoms with Crippen LogP contribution in [0.1, 0.15) is 30.4 Å². The van der Waals surface area contributed by atoms with Crippen LogP contribution in [0.2, 0.25) is 0 Å². The van der Waals surface area contributed by atoms with Crippen molar-refractivity contribution < 1.29 is 36.2 Å². The van der Waals surface area contributed by atoms with E-state index in [-0.39, 0.29) is 5.41 Å². The molecule has 1 atom stereocenters. The summed E-state index contributed by atoms with van der Waals surface area (Å²) in [5.74, 6) is -2.76. The fourth-order valence-corrected chi connectivity index (χ4v) is 3.10. The van der Waals surface area contributed by atoms with E-state index in [2.05, 4.69) is 11.4 Å². The van der Waals surface area contributed by atoms with E-state index in [0.29, 0.717) is 0 Å². The van der Waals surface area contributed by atoms with Crippen molar-refractivity contribution in [1.82, 2.24) is 5.32 Å². The Morgan fingerprint density at radius 2 is 1.62 bits per heavy atom. The number of benzene rings is 1. The molecule has 1 aromatic rings. The fourth-order valence-electron chi connectivity index (χ4n) is 3.10. The van der Waals surface area contributed by atoms with Crippen LogP contribution in [0.4, 0.5) is 26.3 Å². The highest BCUT2D eigenvalue weighted by molar-refractivity contribution is 5.73. The van der Waals surface area contributed by atoms with Crippen molar-refractivity contribution in [2.75, 3.05) is 13.1 Å². The van der Waals surface area contributed by atoms with Crippen LogP contribution in [-0.2, 0) is 11.0 Å². The van der Waals surface area contributed by atoms with Gasteiger partial charge in [-0.3, -0.25) is 0 Å². The Bertz CT molecular complexity index is 670. The second kappa shape index (κ2) is 7.30. The number of hydrogen-bond acceptors (Lipinski definition) is 2. The predicted octanol–water partition coefficient (Wildman–Crippen LogP) is 4.50. The highest BCUT2D eigenvalue weighted by atomic mass is 19.4. The maximum Gasteiger partial charge on any atom is 0.490 e. The lowest BCUT2D eigenvalue weighted by atomic mass is 9.87. The summed E-state index contributed by atoms with van der Waals surface area (Å²) in [6.07, 6.45) is -3.85. The van der Waals surface area contributed by atoms with E-state index in [4.69, 9.17) is 9.90 Å². The van der Waals surface area contributed by atoms with Gasteiger partial charge in [0.15, 0.2) is 0 Å². The largest absolute Gasteiger partial charge is 0.490 e. The van der Waals surface area contributed by atoms with Crippen molar-refractivity contribution >= 4 is 11.5 Å². The lowest BCUT2D eigenvalue weighted by molar-refractivity contribution is -0.192. The fraction of sp³-hybridized carbons (Fsp3) is 0.471. The first-order valence-corrected chi connectivity index (χ1v) is 7.83. The second-order valence-electron chi connectivity index (χ2n) is 6.34. The number of hydrogen-bond donors (Lipinski definition) is 2. The molecule has 9 heteroatoms. The number of alkyl halides is 6. The van der Waals surface area contributed by atoms with Crippen LogP contribution in [0, 0.1) is 5.41 Å². The molecule has 1 spiro atoms. The number of halogens is 6. The molecule has 1 unspecified atom stereocenters. The van der Waals surface area contributed by atoms with Gasteiger partial charge in [-0.15, -0.1) is 0 Å². The van der Waals surface area contributed by atoms with Gasteiger partial charge in [0.25, 0.3) is 0 Å². The Hall–Kier alpha value is -2.03. The van der Waals surface area contributed by atoms with Crippen LogP contribution in [0.3, 0.4) is 0 Å². The molecule has 1 saturated heterocycles. The van der Waals surface area contributed by atoms with Crippen LogP contribution in [0.15, 0.2) is 30.3 Å². The highest BCUT2D eigenvalue weighted by Crippen LogP contribution is 2.44. The van der Waals surface area contributed by atoms with Gasteiger partial charge >= 0.3 is 18.3 Å². The van der Waals surface area contributed by atoms with Gasteiger partial charge in [-0.1, -0.05) is 18.2 Å². The Morgan fingerprint density at radius 1 is 1.04 bits per heavy atom. The van der Waals surface area contributed by atoms with Gasteiger partial charge in [0.1, 0.15) is 0 Å². The summed E-state index contributed by atoms with van der Waals surface area (Å²) in [5.41, 5.74) is 1.79. The van der Waals surface area contributed by atoms with Crippen LogP contribution >= 0.6 is 0 Å². The first-order chi connectivity index (χ1) is 11.9. The molecular weight excluding hydrogens is 364 g/mol. The summed E-state index contributed by atoms with van der Waals surface area (Å²) < 4.78 is 69.3. The van der Waals surface area contributed by atoms with Crippen molar-refractivity contribution in [3.05, 3.63) is 41.5 Å². The third kappa shape index (κ3) is 5.00. The van der Waals surface area contributed by atoms with Crippen molar-refractivity contribution in [3.63, 3.8) is 0 Å². The van der Waals surface area contributed by atoms with Crippen LogP contribution in [-0.4, -0.2) is 30.3 Å².